The predicted octanol–water partition coefficient (Wildman–Crippen LogP) is 2.90. The molecule has 0 aliphatic carbocycles. The number of benzene rings is 2. The second-order valence-corrected chi connectivity index (χ2v) is 7.00. The minimum atomic E-state index is -4.04. The molecule has 0 aliphatic rings. The lowest BCUT2D eigenvalue weighted by Crippen LogP contribution is -2.08. The third kappa shape index (κ3) is 2.71. The summed E-state index contributed by atoms with van der Waals surface area (Å²) < 4.78 is 26.1. The summed E-state index contributed by atoms with van der Waals surface area (Å²) in [5.41, 5.74) is -0.389. The molecule has 22 heavy (non-hydrogen) atoms. The van der Waals surface area contributed by atoms with Gasteiger partial charge in [-0.2, -0.15) is 15.8 Å². The zero-order valence-corrected chi connectivity index (χ0v) is 13.3. The lowest BCUT2D eigenvalue weighted by atomic mass is 10.1. The van der Waals surface area contributed by atoms with Gasteiger partial charge in [-0.1, -0.05) is 15.9 Å². The van der Waals surface area contributed by atoms with Gasteiger partial charge in [0.15, 0.2) is 0 Å². The third-order valence-electron chi connectivity index (χ3n) is 2.85. The van der Waals surface area contributed by atoms with Crippen molar-refractivity contribution in [3.05, 3.63) is 57.6 Å². The fourth-order valence-electron chi connectivity index (χ4n) is 1.88. The predicted molar refractivity (Wildman–Crippen MR) is 80.2 cm³/mol. The van der Waals surface area contributed by atoms with Crippen LogP contribution < -0.4 is 0 Å². The number of rotatable bonds is 2. The summed E-state index contributed by atoms with van der Waals surface area (Å²) in [6.07, 6.45) is 0. The molecule has 0 radical (unpaired) electrons. The first-order valence-corrected chi connectivity index (χ1v) is 8.10. The second kappa shape index (κ2) is 5.99. The van der Waals surface area contributed by atoms with Crippen molar-refractivity contribution >= 4 is 25.8 Å². The number of hydrogen-bond acceptors (Lipinski definition) is 5. The molecule has 0 aliphatic heterocycles. The first-order valence-electron chi connectivity index (χ1n) is 5.83. The summed E-state index contributed by atoms with van der Waals surface area (Å²) in [5, 5.41) is 27.2. The first kappa shape index (κ1) is 15.7. The molecule has 2 aromatic carbocycles. The molecule has 5 nitrogen and oxygen atoms in total. The highest BCUT2D eigenvalue weighted by Gasteiger charge is 2.26. The molecule has 0 bridgehead atoms. The van der Waals surface area contributed by atoms with E-state index in [0.717, 1.165) is 12.1 Å². The SMILES string of the molecule is N#Cc1cc(C#N)c(S(=O)(=O)c2ccc(Br)cc2)c(C#N)c1. The number of sulfone groups is 1. The van der Waals surface area contributed by atoms with Crippen LogP contribution in [0.1, 0.15) is 16.7 Å². The van der Waals surface area contributed by atoms with Crippen molar-refractivity contribution in [3.8, 4) is 18.2 Å². The van der Waals surface area contributed by atoms with Gasteiger partial charge in [0, 0.05) is 4.47 Å². The van der Waals surface area contributed by atoms with E-state index in [0.29, 0.717) is 4.47 Å². The van der Waals surface area contributed by atoms with E-state index in [2.05, 4.69) is 15.9 Å². The van der Waals surface area contributed by atoms with Crippen LogP contribution in [0.15, 0.2) is 50.7 Å². The minimum absolute atomic E-state index is 0.0339. The maximum Gasteiger partial charge on any atom is 0.209 e. The maximum absolute atomic E-state index is 12.7. The third-order valence-corrected chi connectivity index (χ3v) is 5.25. The van der Waals surface area contributed by atoms with Crippen LogP contribution in [-0.2, 0) is 9.84 Å². The molecule has 0 N–H and O–H groups in total. The van der Waals surface area contributed by atoms with E-state index in [-0.39, 0.29) is 26.5 Å². The van der Waals surface area contributed by atoms with Gasteiger partial charge in [-0.3, -0.25) is 0 Å². The lowest BCUT2D eigenvalue weighted by molar-refractivity contribution is 0.595. The van der Waals surface area contributed by atoms with Gasteiger partial charge in [0.25, 0.3) is 0 Å². The largest absolute Gasteiger partial charge is 0.218 e. The Kier molecular flexibility index (Phi) is 4.28. The number of hydrogen-bond donors (Lipinski definition) is 0. The number of nitriles is 3. The van der Waals surface area contributed by atoms with Gasteiger partial charge in [0.1, 0.15) is 17.0 Å². The summed E-state index contributed by atoms with van der Waals surface area (Å²) in [6, 6.07) is 13.5. The molecule has 0 fully saturated rings. The molecule has 106 valence electrons. The summed E-state index contributed by atoms with van der Waals surface area (Å²) in [6.45, 7) is 0. The fraction of sp³-hybridized carbons (Fsp3) is 0. The Morgan fingerprint density at radius 3 is 1.77 bits per heavy atom. The van der Waals surface area contributed by atoms with Gasteiger partial charge < -0.3 is 0 Å². The zero-order chi connectivity index (χ0) is 16.3. The van der Waals surface area contributed by atoms with Crippen LogP contribution in [0.2, 0.25) is 0 Å². The first-order chi connectivity index (χ1) is 10.4. The zero-order valence-electron chi connectivity index (χ0n) is 10.9. The molecule has 0 aromatic heterocycles. The van der Waals surface area contributed by atoms with Gasteiger partial charge in [0.2, 0.25) is 9.84 Å². The van der Waals surface area contributed by atoms with Crippen molar-refractivity contribution in [1.29, 1.82) is 15.8 Å². The van der Waals surface area contributed by atoms with E-state index in [4.69, 9.17) is 5.26 Å². The Morgan fingerprint density at radius 1 is 0.864 bits per heavy atom. The van der Waals surface area contributed by atoms with E-state index in [1.807, 2.05) is 0 Å². The van der Waals surface area contributed by atoms with Gasteiger partial charge in [-0.05, 0) is 36.4 Å². The van der Waals surface area contributed by atoms with Gasteiger partial charge in [0.05, 0.1) is 27.7 Å². The highest BCUT2D eigenvalue weighted by Crippen LogP contribution is 2.29. The topological polar surface area (TPSA) is 106 Å². The van der Waals surface area contributed by atoms with Crippen LogP contribution in [0.4, 0.5) is 0 Å². The molecule has 0 saturated carbocycles. The fourth-order valence-corrected chi connectivity index (χ4v) is 3.66. The van der Waals surface area contributed by atoms with Crippen LogP contribution in [0.3, 0.4) is 0 Å². The molecular weight excluding hydrogens is 366 g/mol. The van der Waals surface area contributed by atoms with E-state index in [1.54, 1.807) is 30.3 Å². The average Bonchev–Trinajstić information content (AvgIpc) is 2.53. The van der Waals surface area contributed by atoms with Crippen molar-refractivity contribution in [2.24, 2.45) is 0 Å². The molecule has 0 saturated heterocycles. The molecule has 0 spiro atoms. The minimum Gasteiger partial charge on any atom is -0.218 e. The van der Waals surface area contributed by atoms with E-state index >= 15 is 0 Å². The molecule has 2 rings (SSSR count). The molecule has 2 aromatic rings. The quantitative estimate of drug-likeness (QED) is 0.806. The molecule has 0 amide bonds. The highest BCUT2D eigenvalue weighted by molar-refractivity contribution is 9.10. The van der Waals surface area contributed by atoms with Gasteiger partial charge in [-0.15, -0.1) is 0 Å². The maximum atomic E-state index is 12.7. The van der Waals surface area contributed by atoms with E-state index < -0.39 is 9.84 Å². The van der Waals surface area contributed by atoms with Crippen LogP contribution in [0, 0.1) is 34.0 Å². The number of halogens is 1. The van der Waals surface area contributed by atoms with E-state index in [9.17, 15) is 18.9 Å². The molecular formula is C15H6BrN3O2S. The molecule has 7 heteroatoms. The summed E-state index contributed by atoms with van der Waals surface area (Å²) in [5.74, 6) is 0. The van der Waals surface area contributed by atoms with Gasteiger partial charge in [-0.25, -0.2) is 8.42 Å². The molecule has 0 atom stereocenters. The normalized spacial score (nSPS) is 10.3. The summed E-state index contributed by atoms with van der Waals surface area (Å²) >= 11 is 3.21. The van der Waals surface area contributed by atoms with Crippen LogP contribution >= 0.6 is 15.9 Å². The van der Waals surface area contributed by atoms with Crippen LogP contribution in [-0.4, -0.2) is 8.42 Å². The Labute approximate surface area is 135 Å². The Morgan fingerprint density at radius 2 is 1.36 bits per heavy atom. The standard InChI is InChI=1S/C15H6BrN3O2S/c16-13-1-3-14(4-2-13)22(20,21)15-11(8-18)5-10(7-17)6-12(15)9-19/h1-6H. The Hall–Kier alpha value is -2.66. The Bertz CT molecular complexity index is 940. The second-order valence-electron chi connectivity index (χ2n) is 4.19. The van der Waals surface area contributed by atoms with Crippen molar-refractivity contribution in [3.63, 3.8) is 0 Å². The highest BCUT2D eigenvalue weighted by atomic mass is 79.9. The smallest absolute Gasteiger partial charge is 0.209 e. The van der Waals surface area contributed by atoms with Crippen molar-refractivity contribution < 1.29 is 8.42 Å². The summed E-state index contributed by atoms with van der Waals surface area (Å²) in [4.78, 5) is -0.410. The van der Waals surface area contributed by atoms with Crippen LogP contribution in [0.25, 0.3) is 0 Å². The van der Waals surface area contributed by atoms with E-state index in [1.165, 1.54) is 12.1 Å². The van der Waals surface area contributed by atoms with Crippen molar-refractivity contribution in [1.82, 2.24) is 0 Å². The van der Waals surface area contributed by atoms with Crippen LogP contribution in [0.5, 0.6) is 0 Å². The molecule has 0 heterocycles. The average molecular weight is 372 g/mol. The van der Waals surface area contributed by atoms with Crippen molar-refractivity contribution in [2.75, 3.05) is 0 Å². The molecule has 0 unspecified atom stereocenters. The summed E-state index contributed by atoms with van der Waals surface area (Å²) in [7, 11) is -4.04. The van der Waals surface area contributed by atoms with Crippen molar-refractivity contribution in [2.45, 2.75) is 9.79 Å². The monoisotopic (exact) mass is 371 g/mol. The Balaban J connectivity index is 2.82. The number of nitrogens with zero attached hydrogens (tertiary/aromatic N) is 3. The van der Waals surface area contributed by atoms with Gasteiger partial charge >= 0.3 is 0 Å². The lowest BCUT2D eigenvalue weighted by Gasteiger charge is -2.09.